The lowest BCUT2D eigenvalue weighted by molar-refractivity contribution is 1.07. The Kier molecular flexibility index (Phi) is 6.84. The van der Waals surface area contributed by atoms with Gasteiger partial charge in [-0.25, -0.2) is 15.0 Å². The number of hydrogen-bond acceptors (Lipinski definition) is 4. The quantitative estimate of drug-likeness (QED) is 0.184. The van der Waals surface area contributed by atoms with E-state index in [1.807, 2.05) is 78.9 Å². The molecule has 1 aliphatic rings. The van der Waals surface area contributed by atoms with Crippen molar-refractivity contribution in [2.75, 3.05) is 0 Å². The van der Waals surface area contributed by atoms with Crippen LogP contribution in [0.1, 0.15) is 5.56 Å². The zero-order valence-corrected chi connectivity index (χ0v) is 28.0. The summed E-state index contributed by atoms with van der Waals surface area (Å²) in [5.74, 6) is 1.90. The van der Waals surface area contributed by atoms with Crippen molar-refractivity contribution >= 4 is 21.5 Å². The van der Waals surface area contributed by atoms with Crippen LogP contribution in [0.25, 0.3) is 100 Å². The van der Waals surface area contributed by atoms with E-state index in [9.17, 15) is 5.26 Å². The van der Waals surface area contributed by atoms with E-state index in [4.69, 9.17) is 15.0 Å². The Morgan fingerprint density at radius 1 is 0.308 bits per heavy atom. The Bertz CT molecular complexity index is 2800. The standard InChI is InChI=1S/C48H28N4/c49-29-34-23-24-40(37-16-8-7-15-35(34)37)43-28-27-42-39-18-10-9-17-38(39)41-26-25-36(44(43)45(41)42)30-19-21-33(22-20-30)48-51-46(31-11-3-1-4-12-31)50-47(52-48)32-13-5-2-6-14-32/h1-28H. The first-order chi connectivity index (χ1) is 25.7. The molecule has 52 heavy (non-hydrogen) atoms. The fourth-order valence-corrected chi connectivity index (χ4v) is 7.73. The number of benzene rings is 8. The fraction of sp³-hybridized carbons (Fsp3) is 0. The highest BCUT2D eigenvalue weighted by molar-refractivity contribution is 6.23. The minimum Gasteiger partial charge on any atom is -0.208 e. The summed E-state index contributed by atoms with van der Waals surface area (Å²) in [7, 11) is 0. The first kappa shape index (κ1) is 29.7. The molecule has 0 amide bonds. The van der Waals surface area contributed by atoms with E-state index in [0.717, 1.165) is 49.7 Å². The summed E-state index contributed by atoms with van der Waals surface area (Å²) in [5, 5.41) is 14.4. The molecule has 240 valence electrons. The number of aromatic nitrogens is 3. The molecule has 0 bridgehead atoms. The summed E-state index contributed by atoms with van der Waals surface area (Å²) in [6.45, 7) is 0. The van der Waals surface area contributed by atoms with Crippen molar-refractivity contribution in [3.05, 3.63) is 175 Å². The Labute approximate surface area is 301 Å². The zero-order valence-electron chi connectivity index (χ0n) is 28.0. The van der Waals surface area contributed by atoms with E-state index < -0.39 is 0 Å². The molecule has 1 aliphatic carbocycles. The highest BCUT2D eigenvalue weighted by Gasteiger charge is 2.25. The van der Waals surface area contributed by atoms with Crippen molar-refractivity contribution < 1.29 is 0 Å². The minimum absolute atomic E-state index is 0.625. The minimum atomic E-state index is 0.625. The third-order valence-electron chi connectivity index (χ3n) is 10.2. The fourth-order valence-electron chi connectivity index (χ4n) is 7.73. The van der Waals surface area contributed by atoms with Crippen molar-refractivity contribution in [1.82, 2.24) is 15.0 Å². The maximum Gasteiger partial charge on any atom is 0.164 e. The lowest BCUT2D eigenvalue weighted by atomic mass is 9.86. The highest BCUT2D eigenvalue weighted by atomic mass is 15.0. The predicted molar refractivity (Wildman–Crippen MR) is 211 cm³/mol. The van der Waals surface area contributed by atoms with Crippen molar-refractivity contribution in [3.63, 3.8) is 0 Å². The molecule has 8 aromatic carbocycles. The molecule has 0 spiro atoms. The molecule has 1 aromatic heterocycles. The summed E-state index contributed by atoms with van der Waals surface area (Å²) < 4.78 is 0. The Hall–Kier alpha value is -7.22. The van der Waals surface area contributed by atoms with E-state index in [1.165, 1.54) is 33.0 Å². The lowest BCUT2D eigenvalue weighted by Crippen LogP contribution is -2.00. The van der Waals surface area contributed by atoms with Gasteiger partial charge in [-0.3, -0.25) is 0 Å². The number of rotatable bonds is 5. The van der Waals surface area contributed by atoms with E-state index in [2.05, 4.69) is 97.1 Å². The molecule has 0 N–H and O–H groups in total. The molecule has 0 unspecified atom stereocenters. The van der Waals surface area contributed by atoms with Crippen LogP contribution in [0.15, 0.2) is 170 Å². The van der Waals surface area contributed by atoms with Crippen molar-refractivity contribution in [1.29, 1.82) is 5.26 Å². The second kappa shape index (κ2) is 12.0. The Morgan fingerprint density at radius 2 is 0.712 bits per heavy atom. The normalized spacial score (nSPS) is 11.4. The van der Waals surface area contributed by atoms with E-state index in [-0.39, 0.29) is 0 Å². The van der Waals surface area contributed by atoms with Crippen LogP contribution in [0.2, 0.25) is 0 Å². The molecular formula is C48H28N4. The number of nitriles is 1. The second-order valence-corrected chi connectivity index (χ2v) is 13.1. The van der Waals surface area contributed by atoms with Gasteiger partial charge in [0, 0.05) is 22.1 Å². The van der Waals surface area contributed by atoms with Gasteiger partial charge in [0.05, 0.1) is 11.6 Å². The topological polar surface area (TPSA) is 62.5 Å². The van der Waals surface area contributed by atoms with E-state index in [0.29, 0.717) is 23.0 Å². The van der Waals surface area contributed by atoms with Gasteiger partial charge in [-0.05, 0) is 66.7 Å². The number of hydrogen-bond donors (Lipinski definition) is 0. The molecule has 0 saturated heterocycles. The molecule has 0 fully saturated rings. The van der Waals surface area contributed by atoms with Crippen LogP contribution < -0.4 is 0 Å². The molecule has 0 atom stereocenters. The third kappa shape index (κ3) is 4.72. The van der Waals surface area contributed by atoms with Crippen LogP contribution >= 0.6 is 0 Å². The molecule has 1 heterocycles. The van der Waals surface area contributed by atoms with Crippen LogP contribution in [-0.4, -0.2) is 15.0 Å². The van der Waals surface area contributed by atoms with Gasteiger partial charge in [0.2, 0.25) is 0 Å². The molecular weight excluding hydrogens is 633 g/mol. The molecule has 4 heteroatoms. The van der Waals surface area contributed by atoms with Crippen LogP contribution in [0, 0.1) is 11.3 Å². The molecule has 10 rings (SSSR count). The van der Waals surface area contributed by atoms with Crippen molar-refractivity contribution in [3.8, 4) is 84.7 Å². The summed E-state index contributed by atoms with van der Waals surface area (Å²) in [5.41, 5.74) is 13.0. The summed E-state index contributed by atoms with van der Waals surface area (Å²) >= 11 is 0. The van der Waals surface area contributed by atoms with Gasteiger partial charge in [-0.15, -0.1) is 0 Å². The molecule has 9 aromatic rings. The average molecular weight is 661 g/mol. The second-order valence-electron chi connectivity index (χ2n) is 13.1. The molecule has 0 saturated carbocycles. The molecule has 4 nitrogen and oxygen atoms in total. The maximum absolute atomic E-state index is 9.93. The highest BCUT2D eigenvalue weighted by Crippen LogP contribution is 2.52. The van der Waals surface area contributed by atoms with Gasteiger partial charge < -0.3 is 0 Å². The monoisotopic (exact) mass is 660 g/mol. The Morgan fingerprint density at radius 3 is 1.27 bits per heavy atom. The van der Waals surface area contributed by atoms with Crippen LogP contribution in [0.4, 0.5) is 0 Å². The van der Waals surface area contributed by atoms with Crippen molar-refractivity contribution in [2.24, 2.45) is 0 Å². The van der Waals surface area contributed by atoms with E-state index in [1.54, 1.807) is 0 Å². The number of nitrogens with zero attached hydrogens (tertiary/aromatic N) is 4. The van der Waals surface area contributed by atoms with E-state index >= 15 is 0 Å². The largest absolute Gasteiger partial charge is 0.208 e. The van der Waals surface area contributed by atoms with Crippen LogP contribution in [0.3, 0.4) is 0 Å². The van der Waals surface area contributed by atoms with Gasteiger partial charge in [0.1, 0.15) is 0 Å². The lowest BCUT2D eigenvalue weighted by Gasteiger charge is -2.17. The SMILES string of the molecule is N#Cc1ccc(-c2ccc3c4c(ccc(-c5ccc(-c6nc(-c7ccccc7)nc(-c7ccccc7)n6)cc5)c24)-c2ccccc2-3)c2ccccc12. The number of fused-ring (bicyclic) bond motifs is 4. The molecule has 0 radical (unpaired) electrons. The maximum atomic E-state index is 9.93. The predicted octanol–water partition coefficient (Wildman–Crippen LogP) is 12.0. The van der Waals surface area contributed by atoms with Gasteiger partial charge >= 0.3 is 0 Å². The van der Waals surface area contributed by atoms with Gasteiger partial charge in [-0.1, -0.05) is 164 Å². The van der Waals surface area contributed by atoms with Crippen LogP contribution in [-0.2, 0) is 0 Å². The van der Waals surface area contributed by atoms with Gasteiger partial charge in [-0.2, -0.15) is 5.26 Å². The van der Waals surface area contributed by atoms with Crippen LogP contribution in [0.5, 0.6) is 0 Å². The first-order valence-corrected chi connectivity index (χ1v) is 17.3. The van der Waals surface area contributed by atoms with Crippen molar-refractivity contribution in [2.45, 2.75) is 0 Å². The zero-order chi connectivity index (χ0) is 34.6. The van der Waals surface area contributed by atoms with Gasteiger partial charge in [0.15, 0.2) is 17.5 Å². The Balaban J connectivity index is 1.17. The summed E-state index contributed by atoms with van der Waals surface area (Å²) in [6, 6.07) is 61.1. The summed E-state index contributed by atoms with van der Waals surface area (Å²) in [6.07, 6.45) is 0. The average Bonchev–Trinajstić information content (AvgIpc) is 3.56. The molecule has 0 aliphatic heterocycles. The summed E-state index contributed by atoms with van der Waals surface area (Å²) in [4.78, 5) is 14.8. The third-order valence-corrected chi connectivity index (χ3v) is 10.2. The first-order valence-electron chi connectivity index (χ1n) is 17.3. The van der Waals surface area contributed by atoms with Gasteiger partial charge in [0.25, 0.3) is 0 Å². The smallest absolute Gasteiger partial charge is 0.164 e.